The molecule has 1 aromatic carbocycles. The van der Waals surface area contributed by atoms with Gasteiger partial charge in [0.15, 0.2) is 18.1 Å². The largest absolute Gasteiger partial charge is 0.493 e. The molecule has 1 unspecified atom stereocenters. The Morgan fingerprint density at radius 2 is 2.07 bits per heavy atom. The fourth-order valence-corrected chi connectivity index (χ4v) is 3.04. The number of hydrogen-bond donors (Lipinski definition) is 1. The van der Waals surface area contributed by atoms with E-state index in [0.29, 0.717) is 36.1 Å². The number of nitrogens with zero attached hydrogens (tertiary/aromatic N) is 1. The minimum absolute atomic E-state index is 0.0228. The molecule has 2 rings (SSSR count). The molecule has 1 aromatic rings. The number of methoxy groups -OCH3 is 2. The van der Waals surface area contributed by atoms with E-state index in [0.717, 1.165) is 19.6 Å². The van der Waals surface area contributed by atoms with Gasteiger partial charge in [0.2, 0.25) is 0 Å². The van der Waals surface area contributed by atoms with Gasteiger partial charge in [0, 0.05) is 26.2 Å². The van der Waals surface area contributed by atoms with E-state index in [1.54, 1.807) is 12.1 Å². The predicted octanol–water partition coefficient (Wildman–Crippen LogP) is 1.33. The molecule has 8 nitrogen and oxygen atoms in total. The van der Waals surface area contributed by atoms with Crippen molar-refractivity contribution in [2.45, 2.75) is 20.0 Å². The number of carbonyl (C=O) groups is 2. The smallest absolute Gasteiger partial charge is 0.337 e. The standard InChI is InChI=1S/C20H30N2O6/c1-14(2)11-22-7-8-27-16(12-22)10-21-19(23)13-28-17-6-5-15(20(24)26-4)9-18(17)25-3/h5-6,9,14,16H,7-8,10-13H2,1-4H3,(H,21,23). The number of esters is 1. The normalized spacial score (nSPS) is 17.2. The van der Waals surface area contributed by atoms with Crippen molar-refractivity contribution >= 4 is 11.9 Å². The first-order valence-electron chi connectivity index (χ1n) is 9.42. The van der Waals surface area contributed by atoms with Crippen molar-refractivity contribution in [2.75, 3.05) is 53.6 Å². The highest BCUT2D eigenvalue weighted by atomic mass is 16.5. The molecule has 0 radical (unpaired) electrons. The Hall–Kier alpha value is -2.32. The first-order valence-corrected chi connectivity index (χ1v) is 9.42. The molecule has 0 aromatic heterocycles. The number of carbonyl (C=O) groups excluding carboxylic acids is 2. The number of morpholine rings is 1. The topological polar surface area (TPSA) is 86.3 Å². The van der Waals surface area contributed by atoms with E-state index in [4.69, 9.17) is 14.2 Å². The molecule has 8 heteroatoms. The van der Waals surface area contributed by atoms with Gasteiger partial charge in [-0.1, -0.05) is 13.8 Å². The quantitative estimate of drug-likeness (QED) is 0.633. The molecule has 1 atom stereocenters. The summed E-state index contributed by atoms with van der Waals surface area (Å²) in [5, 5.41) is 2.84. The van der Waals surface area contributed by atoms with Crippen LogP contribution in [0.25, 0.3) is 0 Å². The lowest BCUT2D eigenvalue weighted by molar-refractivity contribution is -0.124. The van der Waals surface area contributed by atoms with Crippen LogP contribution in [0.4, 0.5) is 0 Å². The van der Waals surface area contributed by atoms with E-state index in [1.165, 1.54) is 20.3 Å². The fourth-order valence-electron chi connectivity index (χ4n) is 3.04. The number of rotatable bonds is 9. The van der Waals surface area contributed by atoms with Crippen LogP contribution < -0.4 is 14.8 Å². The lowest BCUT2D eigenvalue weighted by atomic mass is 10.2. The zero-order chi connectivity index (χ0) is 20.5. The number of amides is 1. The minimum Gasteiger partial charge on any atom is -0.493 e. The Bertz CT molecular complexity index is 664. The van der Waals surface area contributed by atoms with E-state index in [9.17, 15) is 9.59 Å². The average Bonchev–Trinajstić information content (AvgIpc) is 2.69. The lowest BCUT2D eigenvalue weighted by Gasteiger charge is -2.33. The molecule has 1 aliphatic rings. The van der Waals surface area contributed by atoms with Crippen LogP contribution >= 0.6 is 0 Å². The van der Waals surface area contributed by atoms with Gasteiger partial charge in [-0.25, -0.2) is 4.79 Å². The number of ether oxygens (including phenoxy) is 4. The van der Waals surface area contributed by atoms with Crippen molar-refractivity contribution in [3.05, 3.63) is 23.8 Å². The Balaban J connectivity index is 1.80. The van der Waals surface area contributed by atoms with Gasteiger partial charge in [0.05, 0.1) is 32.5 Å². The van der Waals surface area contributed by atoms with Gasteiger partial charge in [-0.2, -0.15) is 0 Å². The van der Waals surface area contributed by atoms with Crippen molar-refractivity contribution in [3.63, 3.8) is 0 Å². The SMILES string of the molecule is COC(=O)c1ccc(OCC(=O)NCC2CN(CC(C)C)CCO2)c(OC)c1. The summed E-state index contributed by atoms with van der Waals surface area (Å²) in [6, 6.07) is 4.64. The second-order valence-electron chi connectivity index (χ2n) is 7.10. The highest BCUT2D eigenvalue weighted by Gasteiger charge is 2.21. The van der Waals surface area contributed by atoms with Crippen LogP contribution in [0.15, 0.2) is 18.2 Å². The Morgan fingerprint density at radius 3 is 2.75 bits per heavy atom. The van der Waals surface area contributed by atoms with Crippen LogP contribution in [0.3, 0.4) is 0 Å². The molecular weight excluding hydrogens is 364 g/mol. The molecule has 28 heavy (non-hydrogen) atoms. The van der Waals surface area contributed by atoms with Gasteiger partial charge in [0.1, 0.15) is 0 Å². The summed E-state index contributed by atoms with van der Waals surface area (Å²) in [7, 11) is 2.77. The predicted molar refractivity (Wildman–Crippen MR) is 104 cm³/mol. The van der Waals surface area contributed by atoms with Crippen LogP contribution in [-0.4, -0.2) is 76.5 Å². The van der Waals surface area contributed by atoms with E-state index in [-0.39, 0.29) is 18.6 Å². The fraction of sp³-hybridized carbons (Fsp3) is 0.600. The summed E-state index contributed by atoms with van der Waals surface area (Å²) >= 11 is 0. The van der Waals surface area contributed by atoms with Crippen molar-refractivity contribution in [3.8, 4) is 11.5 Å². The van der Waals surface area contributed by atoms with Crippen molar-refractivity contribution in [1.29, 1.82) is 0 Å². The van der Waals surface area contributed by atoms with Gasteiger partial charge in [-0.05, 0) is 24.1 Å². The zero-order valence-corrected chi connectivity index (χ0v) is 17.0. The molecule has 0 bridgehead atoms. The van der Waals surface area contributed by atoms with Crippen LogP contribution in [0.2, 0.25) is 0 Å². The molecule has 1 fully saturated rings. The van der Waals surface area contributed by atoms with Crippen LogP contribution in [-0.2, 0) is 14.3 Å². The van der Waals surface area contributed by atoms with Crippen molar-refractivity contribution in [1.82, 2.24) is 10.2 Å². The van der Waals surface area contributed by atoms with Crippen LogP contribution in [0, 0.1) is 5.92 Å². The lowest BCUT2D eigenvalue weighted by Crippen LogP contribution is -2.48. The number of nitrogens with one attached hydrogen (secondary N) is 1. The summed E-state index contributed by atoms with van der Waals surface area (Å²) < 4.78 is 21.2. The second-order valence-corrected chi connectivity index (χ2v) is 7.10. The van der Waals surface area contributed by atoms with Crippen molar-refractivity contribution in [2.24, 2.45) is 5.92 Å². The monoisotopic (exact) mass is 394 g/mol. The Labute approximate surface area is 166 Å². The summed E-state index contributed by atoms with van der Waals surface area (Å²) in [6.07, 6.45) is -0.0228. The average molecular weight is 394 g/mol. The second kappa shape index (κ2) is 10.9. The Morgan fingerprint density at radius 1 is 1.29 bits per heavy atom. The van der Waals surface area contributed by atoms with E-state index < -0.39 is 5.97 Å². The van der Waals surface area contributed by atoms with Crippen molar-refractivity contribution < 1.29 is 28.5 Å². The molecule has 1 N–H and O–H groups in total. The maximum absolute atomic E-state index is 12.1. The summed E-state index contributed by atoms with van der Waals surface area (Å²) in [5.41, 5.74) is 0.344. The molecule has 0 aliphatic carbocycles. The molecule has 156 valence electrons. The first-order chi connectivity index (χ1) is 13.4. The number of benzene rings is 1. The summed E-state index contributed by atoms with van der Waals surface area (Å²) in [5.74, 6) is 0.616. The molecule has 0 spiro atoms. The zero-order valence-electron chi connectivity index (χ0n) is 17.0. The molecule has 1 saturated heterocycles. The van der Waals surface area contributed by atoms with E-state index >= 15 is 0 Å². The third-order valence-corrected chi connectivity index (χ3v) is 4.32. The Kier molecular flexibility index (Phi) is 8.53. The highest BCUT2D eigenvalue weighted by molar-refractivity contribution is 5.90. The molecule has 1 heterocycles. The maximum atomic E-state index is 12.1. The van der Waals surface area contributed by atoms with Gasteiger partial charge in [-0.15, -0.1) is 0 Å². The maximum Gasteiger partial charge on any atom is 0.337 e. The molecule has 0 saturated carbocycles. The number of hydrogen-bond acceptors (Lipinski definition) is 7. The van der Waals surface area contributed by atoms with Crippen LogP contribution in [0.1, 0.15) is 24.2 Å². The summed E-state index contributed by atoms with van der Waals surface area (Å²) in [6.45, 7) is 8.09. The minimum atomic E-state index is -0.471. The summed E-state index contributed by atoms with van der Waals surface area (Å²) in [4.78, 5) is 26.1. The first kappa shape index (κ1) is 22.0. The van der Waals surface area contributed by atoms with Gasteiger partial charge in [-0.3, -0.25) is 9.69 Å². The van der Waals surface area contributed by atoms with Gasteiger partial charge < -0.3 is 24.3 Å². The highest BCUT2D eigenvalue weighted by Crippen LogP contribution is 2.28. The third-order valence-electron chi connectivity index (χ3n) is 4.32. The third kappa shape index (κ3) is 6.69. The van der Waals surface area contributed by atoms with Gasteiger partial charge >= 0.3 is 5.97 Å². The molecule has 1 aliphatic heterocycles. The molecule has 1 amide bonds. The van der Waals surface area contributed by atoms with Gasteiger partial charge in [0.25, 0.3) is 5.91 Å². The van der Waals surface area contributed by atoms with Crippen LogP contribution in [0.5, 0.6) is 11.5 Å². The molecular formula is C20H30N2O6. The van der Waals surface area contributed by atoms with E-state index in [1.807, 2.05) is 0 Å². The van der Waals surface area contributed by atoms with E-state index in [2.05, 4.69) is 28.8 Å².